The van der Waals surface area contributed by atoms with Crippen molar-refractivity contribution < 1.29 is 9.53 Å². The van der Waals surface area contributed by atoms with Gasteiger partial charge in [0.15, 0.2) is 0 Å². The molecule has 1 rings (SSSR count). The molecule has 17 heavy (non-hydrogen) atoms. The maximum atomic E-state index is 11.5. The first kappa shape index (κ1) is 14.0. The maximum Gasteiger partial charge on any atom is 0.310 e. The van der Waals surface area contributed by atoms with Gasteiger partial charge in [0.25, 0.3) is 0 Å². The summed E-state index contributed by atoms with van der Waals surface area (Å²) in [5, 5.41) is 9.09. The molecule has 5 heteroatoms. The fourth-order valence-electron chi connectivity index (χ4n) is 1.47. The first-order valence-electron chi connectivity index (χ1n) is 5.06. The third kappa shape index (κ3) is 3.45. The topological polar surface area (TPSA) is 50.1 Å². The number of alkyl halides is 1. The Hall–Kier alpha value is -1.05. The number of nitrogens with zero attached hydrogens (tertiary/aromatic N) is 1. The van der Waals surface area contributed by atoms with Gasteiger partial charge < -0.3 is 4.74 Å². The molecule has 0 unspecified atom stereocenters. The van der Waals surface area contributed by atoms with E-state index in [1.165, 1.54) is 0 Å². The fraction of sp³-hybridized carbons (Fsp3) is 0.333. The molecule has 0 radical (unpaired) electrons. The van der Waals surface area contributed by atoms with Crippen molar-refractivity contribution in [2.75, 3.05) is 6.61 Å². The van der Waals surface area contributed by atoms with Crippen LogP contribution in [0, 0.1) is 11.3 Å². The van der Waals surface area contributed by atoms with Gasteiger partial charge in [-0.3, -0.25) is 4.79 Å². The van der Waals surface area contributed by atoms with Gasteiger partial charge in [-0.15, -0.1) is 11.6 Å². The van der Waals surface area contributed by atoms with Gasteiger partial charge in [-0.1, -0.05) is 6.07 Å². The Morgan fingerprint density at radius 2 is 2.29 bits per heavy atom. The average molecular weight is 317 g/mol. The quantitative estimate of drug-likeness (QED) is 0.633. The number of halogens is 2. The number of benzene rings is 1. The predicted molar refractivity (Wildman–Crippen MR) is 68.8 cm³/mol. The van der Waals surface area contributed by atoms with Crippen LogP contribution in [0.1, 0.15) is 23.6 Å². The van der Waals surface area contributed by atoms with E-state index < -0.39 is 0 Å². The van der Waals surface area contributed by atoms with E-state index >= 15 is 0 Å². The zero-order valence-corrected chi connectivity index (χ0v) is 11.6. The molecular weight excluding hydrogens is 305 g/mol. The molecule has 0 fully saturated rings. The smallest absolute Gasteiger partial charge is 0.310 e. The van der Waals surface area contributed by atoms with Crippen LogP contribution in [0.4, 0.5) is 0 Å². The molecule has 0 N–H and O–H groups in total. The molecule has 0 atom stereocenters. The predicted octanol–water partition coefficient (Wildman–Crippen LogP) is 3.17. The summed E-state index contributed by atoms with van der Waals surface area (Å²) in [5.41, 5.74) is 1.85. The normalized spacial score (nSPS) is 9.76. The summed E-state index contributed by atoms with van der Waals surface area (Å²) in [6.07, 6.45) is 0.0677. The van der Waals surface area contributed by atoms with Crippen LogP contribution in [0.15, 0.2) is 16.6 Å². The third-order valence-electron chi connectivity index (χ3n) is 2.24. The van der Waals surface area contributed by atoms with Crippen LogP contribution in [0.25, 0.3) is 0 Å². The molecule has 0 amide bonds. The number of rotatable bonds is 4. The Balaban J connectivity index is 3.15. The summed E-state index contributed by atoms with van der Waals surface area (Å²) in [5.74, 6) is -0.0927. The average Bonchev–Trinajstić information content (AvgIpc) is 2.30. The first-order chi connectivity index (χ1) is 8.13. The number of carbonyl (C=O) groups is 1. The van der Waals surface area contributed by atoms with Crippen LogP contribution < -0.4 is 0 Å². The van der Waals surface area contributed by atoms with Gasteiger partial charge in [0.05, 0.1) is 18.6 Å². The zero-order chi connectivity index (χ0) is 12.8. The molecule has 0 aliphatic rings. The molecular formula is C12H11BrClNO2. The van der Waals surface area contributed by atoms with Crippen LogP contribution in [0.5, 0.6) is 0 Å². The molecule has 0 spiro atoms. The van der Waals surface area contributed by atoms with Crippen molar-refractivity contribution in [3.8, 4) is 6.07 Å². The van der Waals surface area contributed by atoms with E-state index in [1.807, 2.05) is 0 Å². The SMILES string of the molecule is CCOC(=O)Cc1c(CCl)ccc(Br)c1C#N. The number of ether oxygens (including phenoxy) is 1. The van der Waals surface area contributed by atoms with Gasteiger partial charge in [-0.25, -0.2) is 0 Å². The monoisotopic (exact) mass is 315 g/mol. The van der Waals surface area contributed by atoms with E-state index in [0.717, 1.165) is 5.56 Å². The number of nitriles is 1. The second-order valence-corrected chi connectivity index (χ2v) is 4.41. The van der Waals surface area contributed by atoms with Gasteiger partial charge in [-0.2, -0.15) is 5.26 Å². The second kappa shape index (κ2) is 6.63. The molecule has 0 aromatic heterocycles. The van der Waals surface area contributed by atoms with E-state index in [1.54, 1.807) is 19.1 Å². The van der Waals surface area contributed by atoms with E-state index in [4.69, 9.17) is 21.6 Å². The van der Waals surface area contributed by atoms with Crippen molar-refractivity contribution in [3.05, 3.63) is 33.3 Å². The van der Waals surface area contributed by atoms with Crippen LogP contribution in [-0.2, 0) is 21.8 Å². The highest BCUT2D eigenvalue weighted by Gasteiger charge is 2.15. The highest BCUT2D eigenvalue weighted by atomic mass is 79.9. The molecule has 0 heterocycles. The van der Waals surface area contributed by atoms with Gasteiger partial charge in [0.1, 0.15) is 6.07 Å². The molecule has 0 bridgehead atoms. The van der Waals surface area contributed by atoms with Crippen molar-refractivity contribution in [3.63, 3.8) is 0 Å². The lowest BCUT2D eigenvalue weighted by Gasteiger charge is -2.10. The van der Waals surface area contributed by atoms with Crippen LogP contribution in [-0.4, -0.2) is 12.6 Å². The van der Waals surface area contributed by atoms with Gasteiger partial charge in [0, 0.05) is 10.4 Å². The minimum Gasteiger partial charge on any atom is -0.466 e. The number of carbonyl (C=O) groups excluding carboxylic acids is 1. The van der Waals surface area contributed by atoms with Crippen LogP contribution >= 0.6 is 27.5 Å². The Kier molecular flexibility index (Phi) is 5.46. The molecule has 1 aromatic carbocycles. The van der Waals surface area contributed by atoms with Crippen molar-refractivity contribution in [2.24, 2.45) is 0 Å². The van der Waals surface area contributed by atoms with Gasteiger partial charge in [-0.05, 0) is 40.0 Å². The number of esters is 1. The van der Waals surface area contributed by atoms with Crippen molar-refractivity contribution in [1.29, 1.82) is 5.26 Å². The summed E-state index contributed by atoms with van der Waals surface area (Å²) >= 11 is 9.08. The largest absolute Gasteiger partial charge is 0.466 e. The molecule has 0 saturated carbocycles. The molecule has 0 saturated heterocycles. The standard InChI is InChI=1S/C12H11BrClNO2/c1-2-17-12(16)5-9-8(6-14)3-4-11(13)10(9)7-15/h3-4H,2,5-6H2,1H3. The molecule has 90 valence electrons. The summed E-state index contributed by atoms with van der Waals surface area (Å²) in [7, 11) is 0. The highest BCUT2D eigenvalue weighted by molar-refractivity contribution is 9.10. The Bertz CT molecular complexity index is 468. The van der Waals surface area contributed by atoms with Gasteiger partial charge >= 0.3 is 5.97 Å². The van der Waals surface area contributed by atoms with E-state index in [2.05, 4.69) is 22.0 Å². The lowest BCUT2D eigenvalue weighted by Crippen LogP contribution is -2.10. The zero-order valence-electron chi connectivity index (χ0n) is 9.30. The van der Waals surface area contributed by atoms with Crippen molar-refractivity contribution >= 4 is 33.5 Å². The van der Waals surface area contributed by atoms with Crippen LogP contribution in [0.3, 0.4) is 0 Å². The van der Waals surface area contributed by atoms with E-state index in [0.29, 0.717) is 22.2 Å². The summed E-state index contributed by atoms with van der Waals surface area (Å²) < 4.78 is 5.54. The highest BCUT2D eigenvalue weighted by Crippen LogP contribution is 2.25. The minimum absolute atomic E-state index is 0.0677. The van der Waals surface area contributed by atoms with E-state index in [-0.39, 0.29) is 18.3 Å². The summed E-state index contributed by atoms with van der Waals surface area (Å²) in [4.78, 5) is 11.5. The lowest BCUT2D eigenvalue weighted by atomic mass is 10.00. The molecule has 0 aliphatic carbocycles. The first-order valence-corrected chi connectivity index (χ1v) is 6.38. The Morgan fingerprint density at radius 3 is 2.82 bits per heavy atom. The lowest BCUT2D eigenvalue weighted by molar-refractivity contribution is -0.142. The molecule has 0 aliphatic heterocycles. The van der Waals surface area contributed by atoms with Crippen molar-refractivity contribution in [2.45, 2.75) is 19.2 Å². The molecule has 1 aromatic rings. The number of hydrogen-bond donors (Lipinski definition) is 0. The third-order valence-corrected chi connectivity index (χ3v) is 3.19. The number of hydrogen-bond acceptors (Lipinski definition) is 3. The second-order valence-electron chi connectivity index (χ2n) is 3.29. The molecule has 3 nitrogen and oxygen atoms in total. The summed E-state index contributed by atoms with van der Waals surface area (Å²) in [6, 6.07) is 5.63. The minimum atomic E-state index is -0.353. The van der Waals surface area contributed by atoms with E-state index in [9.17, 15) is 4.79 Å². The Morgan fingerprint density at radius 1 is 1.59 bits per heavy atom. The maximum absolute atomic E-state index is 11.5. The summed E-state index contributed by atoms with van der Waals surface area (Å²) in [6.45, 7) is 2.07. The Labute approximate surface area is 113 Å². The van der Waals surface area contributed by atoms with Gasteiger partial charge in [0.2, 0.25) is 0 Å². The van der Waals surface area contributed by atoms with Crippen molar-refractivity contribution in [1.82, 2.24) is 0 Å². The fourth-order valence-corrected chi connectivity index (χ4v) is 2.18. The van der Waals surface area contributed by atoms with Crippen LogP contribution in [0.2, 0.25) is 0 Å².